The van der Waals surface area contributed by atoms with Crippen molar-refractivity contribution in [2.24, 2.45) is 10.4 Å². The highest BCUT2D eigenvalue weighted by molar-refractivity contribution is 6.03. The summed E-state index contributed by atoms with van der Waals surface area (Å²) in [7, 11) is 0. The van der Waals surface area contributed by atoms with Gasteiger partial charge in [-0.05, 0) is 41.7 Å². The number of benzene rings is 2. The van der Waals surface area contributed by atoms with E-state index in [1.165, 1.54) is 12.1 Å². The molecule has 7 heteroatoms. The quantitative estimate of drug-likeness (QED) is 0.646. The summed E-state index contributed by atoms with van der Waals surface area (Å²) in [6, 6.07) is 13.4. The van der Waals surface area contributed by atoms with Crippen molar-refractivity contribution >= 4 is 28.9 Å². The van der Waals surface area contributed by atoms with Gasteiger partial charge in [0.15, 0.2) is 11.4 Å². The van der Waals surface area contributed by atoms with Crippen LogP contribution in [0.25, 0.3) is 11.1 Å². The van der Waals surface area contributed by atoms with Gasteiger partial charge in [0, 0.05) is 17.7 Å². The predicted molar refractivity (Wildman–Crippen MR) is 112 cm³/mol. The molecule has 2 heterocycles. The summed E-state index contributed by atoms with van der Waals surface area (Å²) in [5.74, 6) is 0.180. The van der Waals surface area contributed by atoms with Crippen LogP contribution in [-0.4, -0.2) is 16.7 Å². The first kappa shape index (κ1) is 18.5. The minimum absolute atomic E-state index is 0.0627. The number of aromatic nitrogens is 1. The van der Waals surface area contributed by atoms with Crippen LogP contribution in [-0.2, 0) is 4.79 Å². The maximum absolute atomic E-state index is 13.5. The summed E-state index contributed by atoms with van der Waals surface area (Å²) >= 11 is 0. The molecule has 2 aromatic carbocycles. The van der Waals surface area contributed by atoms with Gasteiger partial charge >= 0.3 is 6.01 Å². The fourth-order valence-corrected chi connectivity index (χ4v) is 4.11. The monoisotopic (exact) mass is 404 g/mol. The number of hydrogen-bond donors (Lipinski definition) is 2. The normalized spacial score (nSPS) is 20.6. The van der Waals surface area contributed by atoms with Crippen LogP contribution in [0.2, 0.25) is 0 Å². The lowest BCUT2D eigenvalue weighted by Crippen LogP contribution is -2.41. The lowest BCUT2D eigenvalue weighted by Gasteiger charge is -2.37. The van der Waals surface area contributed by atoms with E-state index in [2.05, 4.69) is 29.5 Å². The van der Waals surface area contributed by atoms with Crippen LogP contribution in [0.15, 0.2) is 69.2 Å². The minimum atomic E-state index is -0.516. The van der Waals surface area contributed by atoms with Crippen molar-refractivity contribution in [3.63, 3.8) is 0 Å². The molecule has 0 bridgehead atoms. The first-order valence-electron chi connectivity index (χ1n) is 9.87. The third-order valence-corrected chi connectivity index (χ3v) is 5.43. The summed E-state index contributed by atoms with van der Waals surface area (Å²) in [6.45, 7) is 4.14. The van der Waals surface area contributed by atoms with Crippen LogP contribution < -0.4 is 10.6 Å². The molecular formula is C23H21FN4O2. The molecular weight excluding hydrogens is 383 g/mol. The number of ketones is 1. The molecule has 6 nitrogen and oxygen atoms in total. The molecule has 0 unspecified atom stereocenters. The number of hydrogen-bond acceptors (Lipinski definition) is 6. The number of nitrogens with zero attached hydrogens (tertiary/aromatic N) is 2. The van der Waals surface area contributed by atoms with Gasteiger partial charge in [0.25, 0.3) is 0 Å². The van der Waals surface area contributed by atoms with E-state index in [0.29, 0.717) is 36.0 Å². The zero-order chi connectivity index (χ0) is 20.9. The Morgan fingerprint density at radius 2 is 1.90 bits per heavy atom. The number of carbonyl (C=O) groups excluding carboxylic acids is 1. The summed E-state index contributed by atoms with van der Waals surface area (Å²) in [6.07, 6.45) is 1.16. The molecule has 0 fully saturated rings. The van der Waals surface area contributed by atoms with E-state index in [-0.39, 0.29) is 17.0 Å². The molecule has 152 valence electrons. The second-order valence-corrected chi connectivity index (χ2v) is 8.50. The smallest absolute Gasteiger partial charge is 0.302 e. The lowest BCUT2D eigenvalue weighted by molar-refractivity contribution is -0.118. The van der Waals surface area contributed by atoms with Gasteiger partial charge in [-0.25, -0.2) is 9.38 Å². The Bertz CT molecular complexity index is 1170. The number of nitrogens with one attached hydrogen (secondary N) is 2. The van der Waals surface area contributed by atoms with Crippen LogP contribution in [0.5, 0.6) is 0 Å². The van der Waals surface area contributed by atoms with Gasteiger partial charge in [0.05, 0.1) is 0 Å². The van der Waals surface area contributed by atoms with Crippen LogP contribution in [0.1, 0.15) is 38.3 Å². The third kappa shape index (κ3) is 3.36. The highest BCUT2D eigenvalue weighted by Crippen LogP contribution is 2.42. The number of oxazole rings is 1. The van der Waals surface area contributed by atoms with E-state index in [1.54, 1.807) is 12.1 Å². The second-order valence-electron chi connectivity index (χ2n) is 8.50. The van der Waals surface area contributed by atoms with Crippen LogP contribution in [0.4, 0.5) is 10.4 Å². The molecule has 1 aliphatic heterocycles. The van der Waals surface area contributed by atoms with Crippen molar-refractivity contribution < 1.29 is 13.6 Å². The fraction of sp³-hybridized carbons (Fsp3) is 0.261. The van der Waals surface area contributed by atoms with Crippen molar-refractivity contribution in [1.82, 2.24) is 10.3 Å². The standard InChI is InChI=1S/C23H21FN4O2/c1-23(2)11-16-19(17(29)12-23)20(13-7-9-14(24)10-8-13)27-21(25-16)28-22-26-15-5-3-4-6-18(15)30-22/h3-10,20H,11-12H2,1-2H3,(H2,25,26,27,28)/t20-/m1/s1. The second kappa shape index (κ2) is 6.79. The Hall–Kier alpha value is -3.48. The van der Waals surface area contributed by atoms with Crippen molar-refractivity contribution in [2.75, 3.05) is 5.32 Å². The number of rotatable bonds is 2. The number of allylic oxidation sites excluding steroid dienone is 1. The van der Waals surface area contributed by atoms with Gasteiger partial charge in [-0.3, -0.25) is 10.1 Å². The molecule has 30 heavy (non-hydrogen) atoms. The van der Waals surface area contributed by atoms with E-state index in [0.717, 1.165) is 16.8 Å². The number of anilines is 1. The SMILES string of the molecule is CC1(C)CC(=O)C2=C(C1)NC(Nc1nc3ccccc3o1)=N[C@@H]2c1ccc(F)cc1. The molecule has 1 atom stereocenters. The van der Waals surface area contributed by atoms with E-state index in [9.17, 15) is 9.18 Å². The molecule has 0 amide bonds. The van der Waals surface area contributed by atoms with Crippen LogP contribution in [0.3, 0.4) is 0 Å². The van der Waals surface area contributed by atoms with E-state index in [1.807, 2.05) is 24.3 Å². The zero-order valence-electron chi connectivity index (χ0n) is 16.7. The molecule has 5 rings (SSSR count). The summed E-state index contributed by atoms with van der Waals surface area (Å²) in [4.78, 5) is 22.1. The molecule has 0 radical (unpaired) electrons. The number of para-hydroxylation sites is 2. The third-order valence-electron chi connectivity index (χ3n) is 5.43. The minimum Gasteiger partial charge on any atom is -0.423 e. The Balaban J connectivity index is 1.54. The van der Waals surface area contributed by atoms with Crippen LogP contribution >= 0.6 is 0 Å². The van der Waals surface area contributed by atoms with E-state index >= 15 is 0 Å². The number of halogens is 1. The summed E-state index contributed by atoms with van der Waals surface area (Å²) in [5.41, 5.74) is 3.48. The van der Waals surface area contributed by atoms with Gasteiger partial charge in [-0.2, -0.15) is 4.98 Å². The molecule has 0 saturated carbocycles. The Kier molecular flexibility index (Phi) is 4.20. The Morgan fingerprint density at radius 1 is 1.13 bits per heavy atom. The number of aliphatic imine (C=N–C) groups is 1. The molecule has 1 aromatic heterocycles. The molecule has 0 saturated heterocycles. The first-order valence-corrected chi connectivity index (χ1v) is 9.87. The van der Waals surface area contributed by atoms with Crippen molar-refractivity contribution in [2.45, 2.75) is 32.7 Å². The largest absolute Gasteiger partial charge is 0.423 e. The maximum Gasteiger partial charge on any atom is 0.302 e. The topological polar surface area (TPSA) is 79.5 Å². The van der Waals surface area contributed by atoms with Gasteiger partial charge in [-0.1, -0.05) is 38.1 Å². The van der Waals surface area contributed by atoms with Gasteiger partial charge in [-0.15, -0.1) is 0 Å². The highest BCUT2D eigenvalue weighted by atomic mass is 19.1. The number of guanidine groups is 1. The number of carbonyl (C=O) groups is 1. The average Bonchev–Trinajstić information content (AvgIpc) is 3.09. The lowest BCUT2D eigenvalue weighted by atomic mass is 9.73. The summed E-state index contributed by atoms with van der Waals surface area (Å²) < 4.78 is 19.2. The molecule has 3 aromatic rings. The van der Waals surface area contributed by atoms with Crippen molar-refractivity contribution in [1.29, 1.82) is 0 Å². The molecule has 0 spiro atoms. The van der Waals surface area contributed by atoms with Gasteiger partial charge in [0.1, 0.15) is 17.4 Å². The first-order chi connectivity index (χ1) is 14.4. The Labute approximate surface area is 172 Å². The fourth-order valence-electron chi connectivity index (χ4n) is 4.11. The number of Topliss-reactive ketones (excluding diaryl/α,β-unsaturated/α-hetero) is 1. The zero-order valence-corrected chi connectivity index (χ0v) is 16.7. The van der Waals surface area contributed by atoms with Gasteiger partial charge < -0.3 is 9.73 Å². The molecule has 2 N–H and O–H groups in total. The van der Waals surface area contributed by atoms with E-state index < -0.39 is 6.04 Å². The number of fused-ring (bicyclic) bond motifs is 1. The Morgan fingerprint density at radius 3 is 2.67 bits per heavy atom. The van der Waals surface area contributed by atoms with Crippen LogP contribution in [0, 0.1) is 11.2 Å². The average molecular weight is 404 g/mol. The van der Waals surface area contributed by atoms with E-state index in [4.69, 9.17) is 9.41 Å². The predicted octanol–water partition coefficient (Wildman–Crippen LogP) is 4.72. The van der Waals surface area contributed by atoms with Gasteiger partial charge in [0.2, 0.25) is 5.96 Å². The summed E-state index contributed by atoms with van der Waals surface area (Å²) in [5, 5.41) is 6.37. The highest BCUT2D eigenvalue weighted by Gasteiger charge is 2.39. The molecule has 1 aliphatic carbocycles. The molecule has 2 aliphatic rings. The maximum atomic E-state index is 13.5. The van der Waals surface area contributed by atoms with Crippen molar-refractivity contribution in [3.8, 4) is 0 Å². The van der Waals surface area contributed by atoms with Crippen molar-refractivity contribution in [3.05, 3.63) is 71.2 Å².